The molecule has 0 bridgehead atoms. The van der Waals surface area contributed by atoms with Gasteiger partial charge in [-0.1, -0.05) is 30.0 Å². The van der Waals surface area contributed by atoms with Crippen molar-refractivity contribution in [1.82, 2.24) is 29.0 Å². The number of aromatic amines is 1. The van der Waals surface area contributed by atoms with Crippen LogP contribution in [-0.2, 0) is 20.5 Å². The molecule has 3 aromatic heterocycles. The maximum atomic E-state index is 12.9. The van der Waals surface area contributed by atoms with Crippen LogP contribution in [0.4, 0.5) is 0 Å². The number of fused-ring (bicyclic) bond motifs is 1. The monoisotopic (exact) mass is 626 g/mol. The third kappa shape index (κ3) is 5.43. The van der Waals surface area contributed by atoms with Crippen LogP contribution in [0, 0.1) is 6.92 Å². The summed E-state index contributed by atoms with van der Waals surface area (Å²) < 4.78 is 38.8. The molecule has 42 heavy (non-hydrogen) atoms. The van der Waals surface area contributed by atoms with Gasteiger partial charge in [-0.05, 0) is 36.8 Å². The Morgan fingerprint density at radius 1 is 1.12 bits per heavy atom. The van der Waals surface area contributed by atoms with E-state index in [0.717, 1.165) is 15.6 Å². The number of H-pyrrole nitrogens is 1. The van der Waals surface area contributed by atoms with Crippen molar-refractivity contribution >= 4 is 49.3 Å². The first-order valence-electron chi connectivity index (χ1n) is 12.4. The van der Waals surface area contributed by atoms with Crippen LogP contribution in [-0.4, -0.2) is 71.7 Å². The molecule has 0 saturated heterocycles. The van der Waals surface area contributed by atoms with E-state index in [-0.39, 0.29) is 16.2 Å². The van der Waals surface area contributed by atoms with E-state index in [9.17, 15) is 18.0 Å². The van der Waals surface area contributed by atoms with Gasteiger partial charge in [0.15, 0.2) is 11.0 Å². The molecule has 5 rings (SSSR count). The van der Waals surface area contributed by atoms with Crippen molar-refractivity contribution in [1.29, 1.82) is 0 Å². The van der Waals surface area contributed by atoms with Crippen LogP contribution in [0.25, 0.3) is 27.3 Å². The van der Waals surface area contributed by atoms with Crippen LogP contribution in [0.5, 0.6) is 5.75 Å². The van der Waals surface area contributed by atoms with Crippen molar-refractivity contribution < 1.29 is 22.7 Å². The van der Waals surface area contributed by atoms with Crippen LogP contribution in [0.15, 0.2) is 63.4 Å². The number of carbonyl (C=O) groups excluding carboxylic acids is 1. The standard InChI is InChI=1S/C27H26N6O6S3/c1-15-21-24(34)28-20(29-25(21)41-22(15)26(35)39-5)14-40-27-31-30-23(33(27)17-9-7-10-18(13-17)38-4)16-8-6-11-19(12-16)42(36,37)32(2)3/h6-13H,14H2,1-5H3,(H,28,29,34). The highest BCUT2D eigenvalue weighted by Gasteiger charge is 2.23. The third-order valence-corrected chi connectivity index (χ3v) is 10.3. The average molecular weight is 627 g/mol. The molecule has 12 nitrogen and oxygen atoms in total. The smallest absolute Gasteiger partial charge is 0.348 e. The van der Waals surface area contributed by atoms with E-state index in [0.29, 0.717) is 54.5 Å². The Morgan fingerprint density at radius 2 is 1.88 bits per heavy atom. The summed E-state index contributed by atoms with van der Waals surface area (Å²) in [6, 6.07) is 13.8. The number of hydrogen-bond donors (Lipinski definition) is 1. The molecule has 218 valence electrons. The second kappa shape index (κ2) is 11.7. The maximum Gasteiger partial charge on any atom is 0.348 e. The number of ether oxygens (including phenoxy) is 2. The first-order valence-corrected chi connectivity index (χ1v) is 15.7. The van der Waals surface area contributed by atoms with Crippen molar-refractivity contribution in [3.8, 4) is 22.8 Å². The van der Waals surface area contributed by atoms with Gasteiger partial charge in [-0.15, -0.1) is 21.5 Å². The topological polar surface area (TPSA) is 149 Å². The Labute approximate surface area is 249 Å². The second-order valence-electron chi connectivity index (χ2n) is 9.19. The maximum absolute atomic E-state index is 12.9. The van der Waals surface area contributed by atoms with Crippen molar-refractivity contribution in [2.75, 3.05) is 28.3 Å². The first kappa shape index (κ1) is 29.4. The SMILES string of the molecule is COC(=O)c1sc2nc(CSc3nnc(-c4cccc(S(=O)(=O)N(C)C)c4)n3-c3cccc(OC)c3)[nH]c(=O)c2c1C. The molecular weight excluding hydrogens is 601 g/mol. The Kier molecular flexibility index (Phi) is 8.19. The van der Waals surface area contributed by atoms with Crippen LogP contribution in [0.2, 0.25) is 0 Å². The highest BCUT2D eigenvalue weighted by atomic mass is 32.2. The lowest BCUT2D eigenvalue weighted by Crippen LogP contribution is -2.22. The zero-order valence-corrected chi connectivity index (χ0v) is 25.7. The minimum atomic E-state index is -3.68. The summed E-state index contributed by atoms with van der Waals surface area (Å²) in [6.07, 6.45) is 0. The predicted molar refractivity (Wildman–Crippen MR) is 160 cm³/mol. The summed E-state index contributed by atoms with van der Waals surface area (Å²) in [5, 5.41) is 9.63. The Bertz CT molecular complexity index is 1980. The number of sulfonamides is 1. The number of nitrogens with zero attached hydrogens (tertiary/aromatic N) is 5. The van der Waals surface area contributed by atoms with E-state index in [1.807, 2.05) is 18.2 Å². The summed E-state index contributed by atoms with van der Waals surface area (Å²) in [4.78, 5) is 33.3. The lowest BCUT2D eigenvalue weighted by Gasteiger charge is -2.14. The largest absolute Gasteiger partial charge is 0.497 e. The minimum Gasteiger partial charge on any atom is -0.497 e. The van der Waals surface area contributed by atoms with Gasteiger partial charge in [0.25, 0.3) is 5.56 Å². The lowest BCUT2D eigenvalue weighted by molar-refractivity contribution is 0.0605. The fraction of sp³-hybridized carbons (Fsp3) is 0.222. The van der Waals surface area contributed by atoms with E-state index in [4.69, 9.17) is 9.47 Å². The zero-order chi connectivity index (χ0) is 30.2. The average Bonchev–Trinajstić information content (AvgIpc) is 3.56. The summed E-state index contributed by atoms with van der Waals surface area (Å²) in [5.74, 6) is 1.11. The number of carbonyl (C=O) groups is 1. The number of hydrogen-bond acceptors (Lipinski definition) is 11. The molecule has 0 aliphatic heterocycles. The molecule has 0 radical (unpaired) electrons. The van der Waals surface area contributed by atoms with Crippen LogP contribution in [0.1, 0.15) is 21.1 Å². The summed E-state index contributed by atoms with van der Waals surface area (Å²) >= 11 is 2.38. The minimum absolute atomic E-state index is 0.118. The number of aromatic nitrogens is 5. The van der Waals surface area contributed by atoms with Crippen molar-refractivity contribution in [3.05, 3.63) is 75.1 Å². The van der Waals surface area contributed by atoms with Crippen molar-refractivity contribution in [3.63, 3.8) is 0 Å². The van der Waals surface area contributed by atoms with Crippen LogP contribution < -0.4 is 10.3 Å². The number of rotatable bonds is 9. The van der Waals surface area contributed by atoms with Gasteiger partial charge in [0, 0.05) is 25.7 Å². The predicted octanol–water partition coefficient (Wildman–Crippen LogP) is 3.88. The molecule has 0 saturated carbocycles. The zero-order valence-electron chi connectivity index (χ0n) is 23.2. The molecule has 5 aromatic rings. The Balaban J connectivity index is 1.56. The van der Waals surface area contributed by atoms with Crippen molar-refractivity contribution in [2.24, 2.45) is 0 Å². The lowest BCUT2D eigenvalue weighted by atomic mass is 10.2. The number of thiophene rings is 1. The highest BCUT2D eigenvalue weighted by molar-refractivity contribution is 7.98. The third-order valence-electron chi connectivity index (χ3n) is 6.37. The molecule has 0 spiro atoms. The number of esters is 1. The Morgan fingerprint density at radius 3 is 2.60 bits per heavy atom. The number of benzene rings is 2. The molecule has 0 aliphatic rings. The van der Waals surface area contributed by atoms with Crippen LogP contribution in [0.3, 0.4) is 0 Å². The molecule has 0 amide bonds. The molecule has 15 heteroatoms. The molecular formula is C27H26N6O6S3. The quantitative estimate of drug-likeness (QED) is 0.189. The number of nitrogens with one attached hydrogen (secondary N) is 1. The number of aryl methyl sites for hydroxylation is 1. The van der Waals surface area contributed by atoms with Gasteiger partial charge in [-0.3, -0.25) is 9.36 Å². The van der Waals surface area contributed by atoms with Gasteiger partial charge in [-0.2, -0.15) is 0 Å². The number of thioether (sulfide) groups is 1. The molecule has 3 heterocycles. The highest BCUT2D eigenvalue weighted by Crippen LogP contribution is 2.33. The first-order chi connectivity index (χ1) is 20.0. The molecule has 0 atom stereocenters. The van der Waals surface area contributed by atoms with E-state index >= 15 is 0 Å². The van der Waals surface area contributed by atoms with Gasteiger partial charge >= 0.3 is 5.97 Å². The number of methoxy groups -OCH3 is 2. The molecule has 0 aliphatic carbocycles. The van der Waals surface area contributed by atoms with E-state index < -0.39 is 16.0 Å². The van der Waals surface area contributed by atoms with E-state index in [2.05, 4.69) is 20.2 Å². The van der Waals surface area contributed by atoms with Gasteiger partial charge in [0.2, 0.25) is 10.0 Å². The van der Waals surface area contributed by atoms with Gasteiger partial charge in [0.1, 0.15) is 21.3 Å². The van der Waals surface area contributed by atoms with E-state index in [1.54, 1.807) is 42.9 Å². The van der Waals surface area contributed by atoms with Crippen LogP contribution >= 0.6 is 23.1 Å². The molecule has 1 N–H and O–H groups in total. The Hall–Kier alpha value is -4.05. The van der Waals surface area contributed by atoms with Crippen molar-refractivity contribution in [2.45, 2.75) is 22.7 Å². The molecule has 2 aromatic carbocycles. The fourth-order valence-corrected chi connectivity index (χ4v) is 7.11. The summed E-state index contributed by atoms with van der Waals surface area (Å²) in [5.41, 5.74) is 1.40. The van der Waals surface area contributed by atoms with Gasteiger partial charge in [0.05, 0.1) is 35.9 Å². The summed E-state index contributed by atoms with van der Waals surface area (Å²) in [6.45, 7) is 1.69. The van der Waals surface area contributed by atoms with Gasteiger partial charge in [-0.25, -0.2) is 22.5 Å². The normalized spacial score (nSPS) is 11.8. The van der Waals surface area contributed by atoms with Gasteiger partial charge < -0.3 is 14.5 Å². The summed E-state index contributed by atoms with van der Waals surface area (Å²) in [7, 11) is 2.11. The second-order valence-corrected chi connectivity index (χ2v) is 13.3. The molecule has 0 unspecified atom stereocenters. The molecule has 0 fully saturated rings. The fourth-order valence-electron chi connectivity index (χ4n) is 4.22. The van der Waals surface area contributed by atoms with E-state index in [1.165, 1.54) is 39.0 Å².